The van der Waals surface area contributed by atoms with Crippen molar-refractivity contribution in [3.05, 3.63) is 94.8 Å². The van der Waals surface area contributed by atoms with Crippen LogP contribution >= 0.6 is 0 Å². The monoisotopic (exact) mass is 319 g/mol. The summed E-state index contributed by atoms with van der Waals surface area (Å²) in [6, 6.07) is 16.2. The molecule has 0 aliphatic rings. The molecule has 2 aromatic heterocycles. The lowest BCUT2D eigenvalue weighted by atomic mass is 10.0. The molecule has 2 aromatic carbocycles. The maximum atomic E-state index is 11.0. The third-order valence-electron chi connectivity index (χ3n) is 3.94. The summed E-state index contributed by atoms with van der Waals surface area (Å²) >= 11 is 0. The van der Waals surface area contributed by atoms with Gasteiger partial charge in [0.15, 0.2) is 0 Å². The second-order valence-corrected chi connectivity index (χ2v) is 5.45. The lowest BCUT2D eigenvalue weighted by Crippen LogP contribution is -2.09. The quantitative estimate of drug-likeness (QED) is 0.418. The fourth-order valence-electron chi connectivity index (χ4n) is 2.84. The summed E-state index contributed by atoms with van der Waals surface area (Å²) in [4.78, 5) is 14.7. The first-order valence-electron chi connectivity index (χ1n) is 7.42. The molecule has 0 saturated carbocycles. The van der Waals surface area contributed by atoms with Gasteiger partial charge >= 0.3 is 0 Å². The Morgan fingerprint density at radius 2 is 1.96 bits per heavy atom. The summed E-state index contributed by atoms with van der Waals surface area (Å²) < 4.78 is 7.92. The zero-order valence-electron chi connectivity index (χ0n) is 12.6. The molecule has 6 heteroatoms. The number of hydrogen-bond acceptors (Lipinski definition) is 4. The van der Waals surface area contributed by atoms with E-state index in [0.717, 1.165) is 5.56 Å². The molecule has 0 saturated heterocycles. The summed E-state index contributed by atoms with van der Waals surface area (Å²) in [7, 11) is 0. The summed E-state index contributed by atoms with van der Waals surface area (Å²) in [5, 5.41) is 11.7. The Balaban J connectivity index is 1.87. The molecular formula is C18H13N3O3. The van der Waals surface area contributed by atoms with Gasteiger partial charge in [0.2, 0.25) is 0 Å². The lowest BCUT2D eigenvalue weighted by molar-refractivity contribution is -0.384. The second kappa shape index (κ2) is 5.66. The molecule has 0 fully saturated rings. The molecule has 24 heavy (non-hydrogen) atoms. The number of rotatable bonds is 4. The molecule has 118 valence electrons. The minimum absolute atomic E-state index is 0.0498. The smallest absolute Gasteiger partial charge is 0.270 e. The normalized spacial score (nSPS) is 12.3. The standard InChI is InChI=1S/C18H13N3O3/c22-21(23)15-6-7-16-14(10-15)11-17(24-16)18(20-9-8-19-12-20)13-4-2-1-3-5-13/h1-12,18H. The van der Waals surface area contributed by atoms with E-state index in [2.05, 4.69) is 4.98 Å². The van der Waals surface area contributed by atoms with Crippen LogP contribution in [-0.4, -0.2) is 14.5 Å². The van der Waals surface area contributed by atoms with Crippen LogP contribution in [0, 0.1) is 10.1 Å². The molecule has 0 bridgehead atoms. The van der Waals surface area contributed by atoms with Gasteiger partial charge in [0.25, 0.3) is 5.69 Å². The van der Waals surface area contributed by atoms with Gasteiger partial charge in [0, 0.05) is 29.9 Å². The maximum absolute atomic E-state index is 11.0. The van der Waals surface area contributed by atoms with Gasteiger partial charge in [-0.15, -0.1) is 0 Å². The second-order valence-electron chi connectivity index (χ2n) is 5.45. The van der Waals surface area contributed by atoms with Crippen LogP contribution in [0.15, 0.2) is 77.7 Å². The van der Waals surface area contributed by atoms with Gasteiger partial charge in [0.1, 0.15) is 17.4 Å². The van der Waals surface area contributed by atoms with Crippen molar-refractivity contribution < 1.29 is 9.34 Å². The number of imidazole rings is 1. The molecular weight excluding hydrogens is 306 g/mol. The van der Waals surface area contributed by atoms with Crippen LogP contribution in [0.5, 0.6) is 0 Å². The largest absolute Gasteiger partial charge is 0.458 e. The van der Waals surface area contributed by atoms with Crippen molar-refractivity contribution in [1.82, 2.24) is 9.55 Å². The van der Waals surface area contributed by atoms with E-state index in [4.69, 9.17) is 4.42 Å². The molecule has 6 nitrogen and oxygen atoms in total. The Hall–Kier alpha value is -3.41. The Morgan fingerprint density at radius 3 is 2.67 bits per heavy atom. The molecule has 1 atom stereocenters. The number of fused-ring (bicyclic) bond motifs is 1. The highest BCUT2D eigenvalue weighted by Crippen LogP contribution is 2.32. The van der Waals surface area contributed by atoms with E-state index >= 15 is 0 Å². The molecule has 0 radical (unpaired) electrons. The molecule has 4 rings (SSSR count). The molecule has 0 aliphatic carbocycles. The van der Waals surface area contributed by atoms with Gasteiger partial charge in [-0.05, 0) is 17.7 Å². The van der Waals surface area contributed by atoms with Crippen LogP contribution in [0.25, 0.3) is 11.0 Å². The minimum atomic E-state index is -0.406. The Morgan fingerprint density at radius 1 is 1.12 bits per heavy atom. The number of aromatic nitrogens is 2. The van der Waals surface area contributed by atoms with Crippen LogP contribution in [0.4, 0.5) is 5.69 Å². The number of non-ortho nitro benzene ring substituents is 1. The number of nitrogens with zero attached hydrogens (tertiary/aromatic N) is 3. The number of furan rings is 1. The van der Waals surface area contributed by atoms with Crippen LogP contribution in [-0.2, 0) is 0 Å². The highest BCUT2D eigenvalue weighted by Gasteiger charge is 2.21. The van der Waals surface area contributed by atoms with Gasteiger partial charge in [-0.25, -0.2) is 4.98 Å². The SMILES string of the molecule is O=[N+]([O-])c1ccc2oc(C(c3ccccc3)n3ccnc3)cc2c1. The molecule has 0 amide bonds. The van der Waals surface area contributed by atoms with Crippen molar-refractivity contribution in [3.63, 3.8) is 0 Å². The van der Waals surface area contributed by atoms with E-state index < -0.39 is 4.92 Å². The summed E-state index contributed by atoms with van der Waals surface area (Å²) in [6.07, 6.45) is 5.31. The van der Waals surface area contributed by atoms with Gasteiger partial charge < -0.3 is 8.98 Å². The zero-order valence-corrected chi connectivity index (χ0v) is 12.6. The van der Waals surface area contributed by atoms with Crippen molar-refractivity contribution in [2.45, 2.75) is 6.04 Å². The van der Waals surface area contributed by atoms with Crippen LogP contribution < -0.4 is 0 Å². The maximum Gasteiger partial charge on any atom is 0.270 e. The van der Waals surface area contributed by atoms with Crippen molar-refractivity contribution >= 4 is 16.7 Å². The minimum Gasteiger partial charge on any atom is -0.458 e. The average Bonchev–Trinajstić information content (AvgIpc) is 3.25. The van der Waals surface area contributed by atoms with E-state index in [1.165, 1.54) is 12.1 Å². The van der Waals surface area contributed by atoms with Crippen molar-refractivity contribution in [1.29, 1.82) is 0 Å². The van der Waals surface area contributed by atoms with E-state index in [1.807, 2.05) is 47.2 Å². The van der Waals surface area contributed by atoms with Gasteiger partial charge in [-0.3, -0.25) is 10.1 Å². The summed E-state index contributed by atoms with van der Waals surface area (Å²) in [5.74, 6) is 0.703. The molecule has 1 unspecified atom stereocenters. The van der Waals surface area contributed by atoms with E-state index in [1.54, 1.807) is 18.6 Å². The Labute approximate surface area is 137 Å². The van der Waals surface area contributed by atoms with Crippen LogP contribution in [0.2, 0.25) is 0 Å². The molecule has 2 heterocycles. The highest BCUT2D eigenvalue weighted by molar-refractivity contribution is 5.80. The Bertz CT molecular complexity index is 991. The average molecular weight is 319 g/mol. The predicted molar refractivity (Wildman–Crippen MR) is 88.8 cm³/mol. The first-order valence-corrected chi connectivity index (χ1v) is 7.42. The molecule has 4 aromatic rings. The van der Waals surface area contributed by atoms with Crippen LogP contribution in [0.1, 0.15) is 17.4 Å². The van der Waals surface area contributed by atoms with E-state index in [9.17, 15) is 10.1 Å². The fraction of sp³-hybridized carbons (Fsp3) is 0.0556. The molecule has 0 N–H and O–H groups in total. The number of hydrogen-bond donors (Lipinski definition) is 0. The van der Waals surface area contributed by atoms with Gasteiger partial charge in [0.05, 0.1) is 11.3 Å². The number of benzene rings is 2. The predicted octanol–water partition coefficient (Wildman–Crippen LogP) is 4.18. The summed E-state index contributed by atoms with van der Waals surface area (Å²) in [5.41, 5.74) is 1.72. The number of nitro groups is 1. The molecule has 0 aliphatic heterocycles. The first-order chi connectivity index (χ1) is 11.7. The number of nitro benzene ring substituents is 1. The van der Waals surface area contributed by atoms with Crippen molar-refractivity contribution in [2.24, 2.45) is 0 Å². The first kappa shape index (κ1) is 14.2. The van der Waals surface area contributed by atoms with Crippen molar-refractivity contribution in [3.8, 4) is 0 Å². The van der Waals surface area contributed by atoms with Crippen LogP contribution in [0.3, 0.4) is 0 Å². The topological polar surface area (TPSA) is 74.1 Å². The van der Waals surface area contributed by atoms with E-state index in [-0.39, 0.29) is 11.7 Å². The third-order valence-corrected chi connectivity index (χ3v) is 3.94. The zero-order chi connectivity index (χ0) is 16.5. The summed E-state index contributed by atoms with van der Waals surface area (Å²) in [6.45, 7) is 0. The van der Waals surface area contributed by atoms with Gasteiger partial charge in [-0.1, -0.05) is 30.3 Å². The third kappa shape index (κ3) is 2.44. The highest BCUT2D eigenvalue weighted by atomic mass is 16.6. The molecule has 0 spiro atoms. The fourth-order valence-corrected chi connectivity index (χ4v) is 2.84. The Kier molecular flexibility index (Phi) is 3.35. The van der Waals surface area contributed by atoms with Gasteiger partial charge in [-0.2, -0.15) is 0 Å². The van der Waals surface area contributed by atoms with E-state index in [0.29, 0.717) is 16.7 Å². The lowest BCUT2D eigenvalue weighted by Gasteiger charge is -2.16. The van der Waals surface area contributed by atoms with Crippen molar-refractivity contribution in [2.75, 3.05) is 0 Å².